The zero-order chi connectivity index (χ0) is 18.8. The van der Waals surface area contributed by atoms with E-state index >= 15 is 0 Å². The Morgan fingerprint density at radius 1 is 1.35 bits per heavy atom. The van der Waals surface area contributed by atoms with Crippen molar-refractivity contribution in [2.24, 2.45) is 0 Å². The lowest BCUT2D eigenvalue weighted by atomic mass is 10.1. The van der Waals surface area contributed by atoms with E-state index in [2.05, 4.69) is 4.98 Å². The molecule has 0 saturated heterocycles. The van der Waals surface area contributed by atoms with E-state index in [0.29, 0.717) is 11.1 Å². The van der Waals surface area contributed by atoms with Crippen LogP contribution in [0.25, 0.3) is 17.2 Å². The summed E-state index contributed by atoms with van der Waals surface area (Å²) in [4.78, 5) is 25.9. The Morgan fingerprint density at radius 3 is 2.73 bits per heavy atom. The van der Waals surface area contributed by atoms with Crippen molar-refractivity contribution < 1.29 is 24.3 Å². The molecule has 0 fully saturated rings. The second-order valence-electron chi connectivity index (χ2n) is 4.99. The van der Waals surface area contributed by atoms with Gasteiger partial charge >= 0.3 is 11.7 Å². The van der Waals surface area contributed by atoms with Crippen molar-refractivity contribution in [2.45, 2.75) is 5.22 Å². The second-order valence-corrected chi connectivity index (χ2v) is 7.15. The molecule has 0 amide bonds. The van der Waals surface area contributed by atoms with Gasteiger partial charge in [0.1, 0.15) is 10.4 Å². The van der Waals surface area contributed by atoms with E-state index in [-0.39, 0.29) is 19.3 Å². The Labute approximate surface area is 163 Å². The normalized spacial score (nSPS) is 11.7. The minimum Gasteiger partial charge on any atom is -0.501 e. The SMILES string of the molecule is O=C(O)/C(=C/c1cc(I)c(O)c([N+](=O)[O-])c1)Sc1nc2ccccc2o1. The number of carboxylic acid groups (broad SMARTS) is 1. The Hall–Kier alpha value is -2.60. The number of para-hydroxylation sites is 2. The monoisotopic (exact) mass is 484 g/mol. The predicted octanol–water partition coefficient (Wildman–Crippen LogP) is 4.26. The van der Waals surface area contributed by atoms with Crippen molar-refractivity contribution in [1.29, 1.82) is 0 Å². The number of aliphatic carboxylic acids is 1. The Balaban J connectivity index is 2.00. The zero-order valence-corrected chi connectivity index (χ0v) is 15.7. The number of thioether (sulfide) groups is 1. The van der Waals surface area contributed by atoms with Crippen LogP contribution in [0.3, 0.4) is 0 Å². The van der Waals surface area contributed by atoms with E-state index < -0.39 is 22.3 Å². The standard InChI is InChI=1S/C16H9IN2O6S/c17-9-5-8(6-11(14(9)20)19(23)24)7-13(15(21)22)26-16-18-10-3-1-2-4-12(10)25-16/h1-7,20H,(H,21,22)/b13-7-. The molecule has 3 rings (SSSR count). The van der Waals surface area contributed by atoms with Gasteiger partial charge in [-0.1, -0.05) is 12.1 Å². The van der Waals surface area contributed by atoms with Gasteiger partial charge in [-0.2, -0.15) is 0 Å². The first-order valence-electron chi connectivity index (χ1n) is 7.00. The quantitative estimate of drug-likeness (QED) is 0.181. The number of halogens is 1. The van der Waals surface area contributed by atoms with Crippen LogP contribution in [-0.2, 0) is 4.79 Å². The Kier molecular flexibility index (Phi) is 5.13. The summed E-state index contributed by atoms with van der Waals surface area (Å²) >= 11 is 2.53. The van der Waals surface area contributed by atoms with Crippen LogP contribution >= 0.6 is 34.4 Å². The van der Waals surface area contributed by atoms with E-state index in [1.165, 1.54) is 12.1 Å². The van der Waals surface area contributed by atoms with E-state index in [1.54, 1.807) is 46.9 Å². The van der Waals surface area contributed by atoms with E-state index in [1.807, 2.05) is 0 Å². The first-order valence-corrected chi connectivity index (χ1v) is 8.90. The fourth-order valence-electron chi connectivity index (χ4n) is 2.10. The average Bonchev–Trinajstić information content (AvgIpc) is 2.99. The highest BCUT2D eigenvalue weighted by Crippen LogP contribution is 2.35. The number of hydrogen-bond acceptors (Lipinski definition) is 7. The molecule has 132 valence electrons. The number of carbonyl (C=O) groups is 1. The number of aromatic hydroxyl groups is 1. The summed E-state index contributed by atoms with van der Waals surface area (Å²) in [5, 5.41) is 30.3. The lowest BCUT2D eigenvalue weighted by Crippen LogP contribution is -1.97. The minimum absolute atomic E-state index is 0.132. The van der Waals surface area contributed by atoms with Crippen molar-refractivity contribution in [3.05, 3.63) is 60.6 Å². The maximum absolute atomic E-state index is 11.6. The van der Waals surface area contributed by atoms with Gasteiger partial charge in [0.15, 0.2) is 5.58 Å². The molecule has 2 aromatic carbocycles. The molecule has 1 aromatic heterocycles. The van der Waals surface area contributed by atoms with Gasteiger partial charge < -0.3 is 14.6 Å². The number of phenolic OH excluding ortho intramolecular Hbond substituents is 1. The van der Waals surface area contributed by atoms with Gasteiger partial charge in [0.2, 0.25) is 5.75 Å². The molecule has 10 heteroatoms. The number of aromatic nitrogens is 1. The zero-order valence-electron chi connectivity index (χ0n) is 12.7. The van der Waals surface area contributed by atoms with Crippen LogP contribution in [0.5, 0.6) is 5.75 Å². The first-order chi connectivity index (χ1) is 12.3. The summed E-state index contributed by atoms with van der Waals surface area (Å²) in [5.74, 6) is -1.70. The molecule has 0 aliphatic heterocycles. The third-order valence-electron chi connectivity index (χ3n) is 3.24. The van der Waals surface area contributed by atoms with E-state index in [4.69, 9.17) is 4.42 Å². The number of nitro benzene ring substituents is 1. The lowest BCUT2D eigenvalue weighted by molar-refractivity contribution is -0.386. The summed E-state index contributed by atoms with van der Waals surface area (Å²) < 4.78 is 5.72. The summed E-state index contributed by atoms with van der Waals surface area (Å²) in [7, 11) is 0. The van der Waals surface area contributed by atoms with Gasteiger partial charge in [0, 0.05) is 6.07 Å². The van der Waals surface area contributed by atoms with Crippen molar-refractivity contribution in [2.75, 3.05) is 0 Å². The van der Waals surface area contributed by atoms with Crippen LogP contribution in [0, 0.1) is 13.7 Å². The summed E-state index contributed by atoms with van der Waals surface area (Å²) in [5.41, 5.74) is 0.878. The molecule has 3 aromatic rings. The maximum atomic E-state index is 11.6. The van der Waals surface area contributed by atoms with Crippen LogP contribution in [0.2, 0.25) is 0 Å². The number of carboxylic acids is 1. The number of phenols is 1. The fourth-order valence-corrected chi connectivity index (χ4v) is 3.48. The van der Waals surface area contributed by atoms with Crippen LogP contribution < -0.4 is 0 Å². The van der Waals surface area contributed by atoms with Gasteiger partial charge in [-0.05, 0) is 64.2 Å². The van der Waals surface area contributed by atoms with Gasteiger partial charge in [-0.15, -0.1) is 0 Å². The molecular formula is C16H9IN2O6S. The fraction of sp³-hybridized carbons (Fsp3) is 0. The molecule has 0 aliphatic carbocycles. The van der Waals surface area contributed by atoms with E-state index in [9.17, 15) is 25.1 Å². The first kappa shape index (κ1) is 18.2. The number of nitro groups is 1. The highest BCUT2D eigenvalue weighted by Gasteiger charge is 2.19. The average molecular weight is 484 g/mol. The highest BCUT2D eigenvalue weighted by molar-refractivity contribution is 14.1. The molecule has 26 heavy (non-hydrogen) atoms. The van der Waals surface area contributed by atoms with Crippen LogP contribution in [0.15, 0.2) is 50.9 Å². The molecule has 0 bridgehead atoms. The lowest BCUT2D eigenvalue weighted by Gasteiger charge is -2.03. The maximum Gasteiger partial charge on any atom is 0.342 e. The van der Waals surface area contributed by atoms with Crippen molar-refractivity contribution >= 4 is 63.2 Å². The minimum atomic E-state index is -1.23. The summed E-state index contributed by atoms with van der Waals surface area (Å²) in [6, 6.07) is 9.55. The molecular weight excluding hydrogens is 475 g/mol. The number of rotatable bonds is 5. The molecule has 0 aliphatic rings. The highest BCUT2D eigenvalue weighted by atomic mass is 127. The third kappa shape index (κ3) is 3.80. The summed E-state index contributed by atoms with van der Waals surface area (Å²) in [6.07, 6.45) is 1.26. The molecule has 1 heterocycles. The topological polar surface area (TPSA) is 127 Å². The van der Waals surface area contributed by atoms with Crippen LogP contribution in [0.4, 0.5) is 5.69 Å². The molecule has 0 atom stereocenters. The van der Waals surface area contributed by atoms with Crippen molar-refractivity contribution in [3.8, 4) is 5.75 Å². The van der Waals surface area contributed by atoms with Crippen molar-refractivity contribution in [1.82, 2.24) is 4.98 Å². The number of oxazole rings is 1. The second kappa shape index (κ2) is 7.33. The third-order valence-corrected chi connectivity index (χ3v) is 4.93. The Bertz CT molecular complexity index is 1030. The van der Waals surface area contributed by atoms with Gasteiger partial charge in [-0.25, -0.2) is 9.78 Å². The van der Waals surface area contributed by atoms with Gasteiger partial charge in [-0.3, -0.25) is 10.1 Å². The van der Waals surface area contributed by atoms with Crippen molar-refractivity contribution in [3.63, 3.8) is 0 Å². The summed E-state index contributed by atoms with van der Waals surface area (Å²) in [6.45, 7) is 0. The molecule has 0 radical (unpaired) electrons. The van der Waals surface area contributed by atoms with Crippen LogP contribution in [0.1, 0.15) is 5.56 Å². The predicted molar refractivity (Wildman–Crippen MR) is 103 cm³/mol. The number of nitrogens with zero attached hydrogens (tertiary/aromatic N) is 2. The molecule has 2 N–H and O–H groups in total. The largest absolute Gasteiger partial charge is 0.501 e. The number of fused-ring (bicyclic) bond motifs is 1. The van der Waals surface area contributed by atoms with E-state index in [0.717, 1.165) is 17.8 Å². The van der Waals surface area contributed by atoms with Gasteiger partial charge in [0.25, 0.3) is 5.22 Å². The number of benzene rings is 2. The Morgan fingerprint density at radius 2 is 2.08 bits per heavy atom. The van der Waals surface area contributed by atoms with Gasteiger partial charge in [0.05, 0.1) is 8.49 Å². The molecule has 8 nitrogen and oxygen atoms in total. The van der Waals surface area contributed by atoms with Crippen LogP contribution in [-0.4, -0.2) is 26.1 Å². The smallest absolute Gasteiger partial charge is 0.342 e. The molecule has 0 saturated carbocycles. The molecule has 0 unspecified atom stereocenters. The number of hydrogen-bond donors (Lipinski definition) is 2. The molecule has 0 spiro atoms.